The van der Waals surface area contributed by atoms with E-state index in [0.717, 1.165) is 32.3 Å². The van der Waals surface area contributed by atoms with Gasteiger partial charge in [0.15, 0.2) is 0 Å². The number of ether oxygens (including phenoxy) is 1. The molecule has 0 aromatic heterocycles. The van der Waals surface area contributed by atoms with Crippen molar-refractivity contribution in [2.45, 2.75) is 50.8 Å². The third kappa shape index (κ3) is 3.48. The van der Waals surface area contributed by atoms with Crippen LogP contribution in [0.3, 0.4) is 0 Å². The minimum Gasteiger partial charge on any atom is -0.374 e. The van der Waals surface area contributed by atoms with Crippen molar-refractivity contribution in [3.05, 3.63) is 0 Å². The third-order valence-corrected chi connectivity index (χ3v) is 4.88. The number of fused-ring (bicyclic) bond motifs is 1. The maximum Gasteiger partial charge on any atom is 0.0829 e. The van der Waals surface area contributed by atoms with Crippen molar-refractivity contribution >= 4 is 0 Å². The van der Waals surface area contributed by atoms with E-state index in [1.54, 1.807) is 0 Å². The average Bonchev–Trinajstić information content (AvgIpc) is 3.05. The summed E-state index contributed by atoms with van der Waals surface area (Å²) in [6.45, 7) is 10.4. The molecule has 3 heterocycles. The highest BCUT2D eigenvalue weighted by Crippen LogP contribution is 2.23. The lowest BCUT2D eigenvalue weighted by molar-refractivity contribution is -0.0591. The highest BCUT2D eigenvalue weighted by Gasteiger charge is 2.33. The van der Waals surface area contributed by atoms with Gasteiger partial charge in [0.2, 0.25) is 0 Å². The van der Waals surface area contributed by atoms with Crippen molar-refractivity contribution in [1.82, 2.24) is 15.1 Å². The molecule has 3 atom stereocenters. The van der Waals surface area contributed by atoms with Crippen LogP contribution in [0.2, 0.25) is 0 Å². The summed E-state index contributed by atoms with van der Waals surface area (Å²) in [4.78, 5) is 5.24. The molecule has 4 nitrogen and oxygen atoms in total. The number of likely N-dealkylation sites (tertiary alicyclic amines) is 1. The van der Waals surface area contributed by atoms with Crippen LogP contribution in [0.5, 0.6) is 0 Å². The Morgan fingerprint density at radius 2 is 2.16 bits per heavy atom. The fourth-order valence-electron chi connectivity index (χ4n) is 3.80. The van der Waals surface area contributed by atoms with Crippen molar-refractivity contribution < 1.29 is 4.74 Å². The Morgan fingerprint density at radius 1 is 1.21 bits per heavy atom. The highest BCUT2D eigenvalue weighted by molar-refractivity contribution is 4.88. The van der Waals surface area contributed by atoms with Gasteiger partial charge in [-0.15, -0.1) is 0 Å². The van der Waals surface area contributed by atoms with E-state index >= 15 is 0 Å². The molecule has 3 aliphatic heterocycles. The maximum absolute atomic E-state index is 6.07. The van der Waals surface area contributed by atoms with Gasteiger partial charge in [-0.2, -0.15) is 0 Å². The van der Waals surface area contributed by atoms with Crippen LogP contribution in [0.25, 0.3) is 0 Å². The van der Waals surface area contributed by atoms with Crippen LogP contribution in [-0.2, 0) is 4.74 Å². The molecular formula is C15H29N3O. The van der Waals surface area contributed by atoms with Gasteiger partial charge in [0.05, 0.1) is 12.7 Å². The van der Waals surface area contributed by atoms with Crippen LogP contribution in [0.4, 0.5) is 0 Å². The molecule has 0 aromatic rings. The van der Waals surface area contributed by atoms with Crippen LogP contribution in [0.1, 0.15) is 32.6 Å². The summed E-state index contributed by atoms with van der Waals surface area (Å²) in [7, 11) is 0. The summed E-state index contributed by atoms with van der Waals surface area (Å²) in [5.41, 5.74) is 0. The zero-order valence-corrected chi connectivity index (χ0v) is 12.3. The maximum atomic E-state index is 6.07. The van der Waals surface area contributed by atoms with E-state index in [9.17, 15) is 0 Å². The van der Waals surface area contributed by atoms with Crippen molar-refractivity contribution in [3.63, 3.8) is 0 Å². The Bertz CT molecular complexity index is 287. The van der Waals surface area contributed by atoms with E-state index in [0.29, 0.717) is 12.1 Å². The van der Waals surface area contributed by atoms with Crippen molar-refractivity contribution in [2.24, 2.45) is 0 Å². The van der Waals surface area contributed by atoms with Gasteiger partial charge in [-0.05, 0) is 45.3 Å². The first-order valence-electron chi connectivity index (χ1n) is 8.16. The van der Waals surface area contributed by atoms with Gasteiger partial charge >= 0.3 is 0 Å². The van der Waals surface area contributed by atoms with Crippen LogP contribution in [0, 0.1) is 0 Å². The minimum atomic E-state index is 0.444. The fraction of sp³-hybridized carbons (Fsp3) is 1.00. The van der Waals surface area contributed by atoms with Gasteiger partial charge in [-0.25, -0.2) is 0 Å². The molecule has 0 aliphatic carbocycles. The van der Waals surface area contributed by atoms with E-state index in [4.69, 9.17) is 4.74 Å². The number of rotatable bonds is 5. The lowest BCUT2D eigenvalue weighted by atomic mass is 10.2. The topological polar surface area (TPSA) is 27.7 Å². The van der Waals surface area contributed by atoms with Crippen molar-refractivity contribution in [3.8, 4) is 0 Å². The Hall–Kier alpha value is -0.160. The van der Waals surface area contributed by atoms with E-state index in [1.165, 1.54) is 45.3 Å². The molecule has 0 aromatic carbocycles. The van der Waals surface area contributed by atoms with Gasteiger partial charge in [-0.1, -0.05) is 6.92 Å². The summed E-state index contributed by atoms with van der Waals surface area (Å²) < 4.78 is 6.07. The zero-order valence-electron chi connectivity index (χ0n) is 12.3. The monoisotopic (exact) mass is 267 g/mol. The Morgan fingerprint density at radius 3 is 3.05 bits per heavy atom. The zero-order chi connectivity index (χ0) is 13.1. The van der Waals surface area contributed by atoms with E-state index in [-0.39, 0.29) is 0 Å². The first-order chi connectivity index (χ1) is 9.35. The number of hydrogen-bond acceptors (Lipinski definition) is 4. The normalized spacial score (nSPS) is 36.8. The molecule has 0 saturated carbocycles. The predicted octanol–water partition coefficient (Wildman–Crippen LogP) is 0.924. The van der Waals surface area contributed by atoms with Crippen LogP contribution in [-0.4, -0.2) is 73.9 Å². The number of nitrogens with one attached hydrogen (secondary N) is 1. The molecular weight excluding hydrogens is 238 g/mol. The van der Waals surface area contributed by atoms with E-state index in [2.05, 4.69) is 22.0 Å². The molecule has 0 spiro atoms. The molecule has 19 heavy (non-hydrogen) atoms. The smallest absolute Gasteiger partial charge is 0.0829 e. The minimum absolute atomic E-state index is 0.444. The van der Waals surface area contributed by atoms with Crippen molar-refractivity contribution in [1.29, 1.82) is 0 Å². The second kappa shape index (κ2) is 6.53. The fourth-order valence-corrected chi connectivity index (χ4v) is 3.80. The highest BCUT2D eigenvalue weighted by atomic mass is 16.5. The third-order valence-electron chi connectivity index (χ3n) is 4.88. The average molecular weight is 267 g/mol. The van der Waals surface area contributed by atoms with Gasteiger partial charge in [0.1, 0.15) is 0 Å². The lowest BCUT2D eigenvalue weighted by Crippen LogP contribution is -2.50. The molecule has 4 heteroatoms. The van der Waals surface area contributed by atoms with E-state index in [1.807, 2.05) is 0 Å². The van der Waals surface area contributed by atoms with Gasteiger partial charge < -0.3 is 10.1 Å². The first-order valence-corrected chi connectivity index (χ1v) is 8.16. The Labute approximate surface area is 117 Å². The molecule has 3 saturated heterocycles. The second-order valence-electron chi connectivity index (χ2n) is 6.45. The van der Waals surface area contributed by atoms with Gasteiger partial charge in [0.25, 0.3) is 0 Å². The van der Waals surface area contributed by atoms with E-state index < -0.39 is 0 Å². The molecule has 3 rings (SSSR count). The summed E-state index contributed by atoms with van der Waals surface area (Å²) in [6.07, 6.45) is 5.70. The summed E-state index contributed by atoms with van der Waals surface area (Å²) in [5.74, 6) is 0. The Balaban J connectivity index is 1.40. The second-order valence-corrected chi connectivity index (χ2v) is 6.45. The molecule has 110 valence electrons. The quantitative estimate of drug-likeness (QED) is 0.802. The Kier molecular flexibility index (Phi) is 4.74. The molecule has 0 bridgehead atoms. The van der Waals surface area contributed by atoms with Crippen LogP contribution < -0.4 is 5.32 Å². The first kappa shape index (κ1) is 13.8. The SMILES string of the molecule is CCCNC1CCN(CC2CN3CCCC3CO2)C1. The van der Waals surface area contributed by atoms with Crippen molar-refractivity contribution in [2.75, 3.05) is 45.9 Å². The molecule has 3 unspecified atom stereocenters. The number of morpholine rings is 1. The van der Waals surface area contributed by atoms with Gasteiger partial charge in [-0.3, -0.25) is 9.80 Å². The number of hydrogen-bond donors (Lipinski definition) is 1. The summed E-state index contributed by atoms with van der Waals surface area (Å²) in [6, 6.07) is 1.44. The number of nitrogens with zero attached hydrogens (tertiary/aromatic N) is 2. The van der Waals surface area contributed by atoms with Gasteiger partial charge in [0, 0.05) is 31.7 Å². The largest absolute Gasteiger partial charge is 0.374 e. The summed E-state index contributed by atoms with van der Waals surface area (Å²) in [5, 5.41) is 3.64. The molecule has 0 radical (unpaired) electrons. The molecule has 3 fully saturated rings. The van der Waals surface area contributed by atoms with Crippen LogP contribution in [0.15, 0.2) is 0 Å². The molecule has 0 amide bonds. The molecule has 3 aliphatic rings. The predicted molar refractivity (Wildman–Crippen MR) is 77.5 cm³/mol. The lowest BCUT2D eigenvalue weighted by Gasteiger charge is -2.36. The standard InChI is InChI=1S/C15H29N3O/c1-2-6-16-13-5-8-17(9-13)10-15-11-18-7-3-4-14(18)12-19-15/h13-16H,2-12H2,1H3. The van der Waals surface area contributed by atoms with Crippen LogP contribution >= 0.6 is 0 Å². The summed E-state index contributed by atoms with van der Waals surface area (Å²) >= 11 is 0. The molecule has 1 N–H and O–H groups in total.